The third kappa shape index (κ3) is 10.6. The summed E-state index contributed by atoms with van der Waals surface area (Å²) in [4.78, 5) is 4.61. The Kier molecular flexibility index (Phi) is 12.7. The van der Waals surface area contributed by atoms with E-state index in [0.717, 1.165) is 30.0 Å². The molecule has 2 aromatic rings. The van der Waals surface area contributed by atoms with Gasteiger partial charge in [-0.25, -0.2) is 0 Å². The van der Waals surface area contributed by atoms with Crippen molar-refractivity contribution in [1.29, 1.82) is 0 Å². The normalized spacial score (nSPS) is 11.3. The minimum absolute atomic E-state index is 0.812. The van der Waals surface area contributed by atoms with E-state index in [2.05, 4.69) is 55.2 Å². The smallest absolute Gasteiger partial charge is 0.119 e. The number of aliphatic imine (C=N–C) groups is 1. The fourth-order valence-electron chi connectivity index (χ4n) is 3.55. The van der Waals surface area contributed by atoms with Crippen LogP contribution in [0.25, 0.3) is 0 Å². The molecule has 164 valence electrons. The highest BCUT2D eigenvalue weighted by atomic mass is 16.5. The summed E-state index contributed by atoms with van der Waals surface area (Å²) in [6.07, 6.45) is 17.5. The second-order valence-electron chi connectivity index (χ2n) is 8.27. The maximum Gasteiger partial charge on any atom is 0.119 e. The van der Waals surface area contributed by atoms with Gasteiger partial charge in [-0.05, 0) is 66.8 Å². The zero-order valence-electron chi connectivity index (χ0n) is 19.2. The average molecular weight is 408 g/mol. The Bertz CT molecular complexity index is 688. The molecule has 0 aliphatic carbocycles. The van der Waals surface area contributed by atoms with Gasteiger partial charge in [0.05, 0.1) is 12.3 Å². The summed E-state index contributed by atoms with van der Waals surface area (Å²) in [6, 6.07) is 16.9. The van der Waals surface area contributed by atoms with Crippen molar-refractivity contribution in [3.05, 3.63) is 59.7 Å². The Morgan fingerprint density at radius 3 is 1.93 bits per heavy atom. The summed E-state index contributed by atoms with van der Waals surface area (Å²) in [5.74, 6) is 0.950. The van der Waals surface area contributed by atoms with E-state index in [0.29, 0.717) is 0 Å². The molecule has 0 N–H and O–H groups in total. The van der Waals surface area contributed by atoms with Gasteiger partial charge in [-0.1, -0.05) is 83.8 Å². The van der Waals surface area contributed by atoms with E-state index in [9.17, 15) is 0 Å². The van der Waals surface area contributed by atoms with E-state index >= 15 is 0 Å². The van der Waals surface area contributed by atoms with Crippen LogP contribution in [0.15, 0.2) is 53.5 Å². The van der Waals surface area contributed by atoms with Crippen LogP contribution in [-0.4, -0.2) is 12.8 Å². The van der Waals surface area contributed by atoms with Crippen LogP contribution in [0.2, 0.25) is 0 Å². The van der Waals surface area contributed by atoms with Gasteiger partial charge >= 0.3 is 0 Å². The topological polar surface area (TPSA) is 21.6 Å². The Balaban J connectivity index is 1.66. The summed E-state index contributed by atoms with van der Waals surface area (Å²) in [5, 5.41) is 0. The summed E-state index contributed by atoms with van der Waals surface area (Å²) < 4.78 is 5.87. The van der Waals surface area contributed by atoms with Crippen molar-refractivity contribution in [3.63, 3.8) is 0 Å². The lowest BCUT2D eigenvalue weighted by molar-refractivity contribution is 0.304. The van der Waals surface area contributed by atoms with Gasteiger partial charge in [0.25, 0.3) is 0 Å². The Morgan fingerprint density at radius 2 is 1.27 bits per heavy atom. The van der Waals surface area contributed by atoms with E-state index in [-0.39, 0.29) is 0 Å². The maximum atomic E-state index is 5.87. The number of hydrogen-bond acceptors (Lipinski definition) is 2. The third-order valence-corrected chi connectivity index (χ3v) is 5.51. The van der Waals surface area contributed by atoms with Crippen molar-refractivity contribution >= 4 is 11.9 Å². The molecule has 2 nitrogen and oxygen atoms in total. The molecular formula is C28H41NO. The molecule has 30 heavy (non-hydrogen) atoms. The van der Waals surface area contributed by atoms with Crippen LogP contribution in [-0.2, 0) is 6.42 Å². The molecule has 0 spiro atoms. The molecular weight excluding hydrogens is 366 g/mol. The van der Waals surface area contributed by atoms with Crippen LogP contribution in [0.1, 0.15) is 95.6 Å². The molecule has 0 heterocycles. The zero-order chi connectivity index (χ0) is 21.3. The maximum absolute atomic E-state index is 5.87. The number of unbranched alkanes of at least 4 members (excludes halogenated alkanes) is 9. The molecule has 0 amide bonds. The van der Waals surface area contributed by atoms with Gasteiger partial charge in [0, 0.05) is 6.21 Å². The van der Waals surface area contributed by atoms with Crippen LogP contribution >= 0.6 is 0 Å². The van der Waals surface area contributed by atoms with E-state index < -0.39 is 0 Å². The monoisotopic (exact) mass is 407 g/mol. The first-order valence-electron chi connectivity index (χ1n) is 12.2. The van der Waals surface area contributed by atoms with E-state index in [1.807, 2.05) is 18.3 Å². The fraction of sp³-hybridized carbons (Fsp3) is 0.536. The molecule has 0 fully saturated rings. The van der Waals surface area contributed by atoms with E-state index in [4.69, 9.17) is 4.74 Å². The number of benzene rings is 2. The third-order valence-electron chi connectivity index (χ3n) is 5.51. The lowest BCUT2D eigenvalue weighted by Gasteiger charge is -2.06. The average Bonchev–Trinajstić information content (AvgIpc) is 2.79. The number of hydrogen-bond donors (Lipinski definition) is 0. The van der Waals surface area contributed by atoms with Crippen molar-refractivity contribution < 1.29 is 4.74 Å². The molecule has 0 unspecified atom stereocenters. The second kappa shape index (κ2) is 15.7. The van der Waals surface area contributed by atoms with Crippen molar-refractivity contribution in [2.24, 2.45) is 4.99 Å². The van der Waals surface area contributed by atoms with Crippen LogP contribution < -0.4 is 4.74 Å². The highest BCUT2D eigenvalue weighted by Gasteiger charge is 1.97. The van der Waals surface area contributed by atoms with Crippen LogP contribution in [0.3, 0.4) is 0 Å². The first-order chi connectivity index (χ1) is 14.8. The lowest BCUT2D eigenvalue weighted by Crippen LogP contribution is -1.97. The van der Waals surface area contributed by atoms with Crippen molar-refractivity contribution in [2.45, 2.75) is 90.9 Å². The van der Waals surface area contributed by atoms with E-state index in [1.54, 1.807) is 0 Å². The molecule has 0 saturated carbocycles. The van der Waals surface area contributed by atoms with E-state index in [1.165, 1.54) is 76.2 Å². The molecule has 0 radical (unpaired) electrons. The lowest BCUT2D eigenvalue weighted by atomic mass is 10.1. The van der Waals surface area contributed by atoms with Gasteiger partial charge in [-0.15, -0.1) is 0 Å². The van der Waals surface area contributed by atoms with Crippen molar-refractivity contribution in [3.8, 4) is 5.75 Å². The van der Waals surface area contributed by atoms with Crippen LogP contribution in [0.5, 0.6) is 5.75 Å². The van der Waals surface area contributed by atoms with Crippen molar-refractivity contribution in [1.82, 2.24) is 0 Å². The predicted octanol–water partition coefficient (Wildman–Crippen LogP) is 8.69. The second-order valence-corrected chi connectivity index (χ2v) is 8.27. The fourth-order valence-corrected chi connectivity index (χ4v) is 3.55. The van der Waals surface area contributed by atoms with Gasteiger partial charge < -0.3 is 4.74 Å². The molecule has 0 aromatic heterocycles. The van der Waals surface area contributed by atoms with Crippen LogP contribution in [0.4, 0.5) is 5.69 Å². The SMILES string of the molecule is CCCCCCCCCOc1ccc(C=Nc2ccc(CCCCCC)cc2)cc1. The number of aryl methyl sites for hydroxylation is 1. The standard InChI is InChI=1S/C28H41NO/c1-3-5-7-9-10-11-13-23-30-28-21-17-26(18-22-28)24-29-27-19-15-25(16-20-27)14-12-8-6-4-2/h15-22,24H,3-14,23H2,1-2H3. The summed E-state index contributed by atoms with van der Waals surface area (Å²) in [7, 11) is 0. The molecule has 0 bridgehead atoms. The zero-order valence-corrected chi connectivity index (χ0v) is 19.2. The molecule has 0 aliphatic heterocycles. The Labute approximate surface area is 184 Å². The van der Waals surface area contributed by atoms with Gasteiger partial charge in [0.2, 0.25) is 0 Å². The molecule has 2 heteroatoms. The number of nitrogens with zero attached hydrogens (tertiary/aromatic N) is 1. The minimum atomic E-state index is 0.812. The first kappa shape index (κ1) is 24.2. The quantitative estimate of drug-likeness (QED) is 0.201. The molecule has 2 rings (SSSR count). The molecule has 0 aliphatic rings. The Hall–Kier alpha value is -2.09. The molecule has 0 atom stereocenters. The van der Waals surface area contributed by atoms with Gasteiger partial charge in [-0.3, -0.25) is 4.99 Å². The highest BCUT2D eigenvalue weighted by molar-refractivity contribution is 5.82. The predicted molar refractivity (Wildman–Crippen MR) is 131 cm³/mol. The van der Waals surface area contributed by atoms with Gasteiger partial charge in [0.15, 0.2) is 0 Å². The van der Waals surface area contributed by atoms with Gasteiger partial charge in [-0.2, -0.15) is 0 Å². The summed E-state index contributed by atoms with van der Waals surface area (Å²) in [5.41, 5.74) is 3.51. The number of ether oxygens (including phenoxy) is 1. The van der Waals surface area contributed by atoms with Crippen molar-refractivity contribution in [2.75, 3.05) is 6.61 Å². The molecule has 0 saturated heterocycles. The first-order valence-corrected chi connectivity index (χ1v) is 12.2. The van der Waals surface area contributed by atoms with Gasteiger partial charge in [0.1, 0.15) is 5.75 Å². The van der Waals surface area contributed by atoms with Crippen LogP contribution in [0, 0.1) is 0 Å². The Morgan fingerprint density at radius 1 is 0.667 bits per heavy atom. The number of rotatable bonds is 16. The minimum Gasteiger partial charge on any atom is -0.494 e. The summed E-state index contributed by atoms with van der Waals surface area (Å²) >= 11 is 0. The largest absolute Gasteiger partial charge is 0.494 e. The summed E-state index contributed by atoms with van der Waals surface area (Å²) in [6.45, 7) is 5.33. The highest BCUT2D eigenvalue weighted by Crippen LogP contribution is 2.17. The molecule has 2 aromatic carbocycles.